The van der Waals surface area contributed by atoms with Crippen molar-refractivity contribution >= 4 is 28.7 Å². The van der Waals surface area contributed by atoms with Gasteiger partial charge in [0, 0.05) is 30.8 Å². The Hall–Kier alpha value is -3.79. The first-order chi connectivity index (χ1) is 15.5. The number of rotatable bonds is 6. The Morgan fingerprint density at radius 1 is 1.00 bits per heavy atom. The Morgan fingerprint density at radius 2 is 1.66 bits per heavy atom. The highest BCUT2D eigenvalue weighted by Crippen LogP contribution is 2.30. The van der Waals surface area contributed by atoms with Crippen molar-refractivity contribution in [2.45, 2.75) is 6.54 Å². The molecule has 1 aliphatic heterocycles. The molecular formula is C22H23F2N7O. The number of nitrogens with zero attached hydrogens (tertiary/aromatic N) is 3. The number of hydrogen-bond donors (Lipinski definition) is 4. The number of halogens is 2. The molecule has 1 aliphatic rings. The normalized spacial score (nSPS) is 13.8. The first kappa shape index (κ1) is 21.4. The summed E-state index contributed by atoms with van der Waals surface area (Å²) in [5, 5.41) is 11.5. The van der Waals surface area contributed by atoms with E-state index in [9.17, 15) is 8.78 Å². The number of benzene rings is 2. The summed E-state index contributed by atoms with van der Waals surface area (Å²) < 4.78 is 33.9. The van der Waals surface area contributed by atoms with Crippen molar-refractivity contribution in [3.05, 3.63) is 71.1 Å². The number of nitrogen functional groups attached to an aromatic ring is 2. The fraction of sp³-hybridized carbons (Fsp3) is 0.227. The van der Waals surface area contributed by atoms with Crippen LogP contribution in [0.3, 0.4) is 0 Å². The Labute approximate surface area is 183 Å². The van der Waals surface area contributed by atoms with Crippen LogP contribution in [0.15, 0.2) is 42.5 Å². The van der Waals surface area contributed by atoms with Crippen LogP contribution in [0.1, 0.15) is 17.0 Å². The zero-order valence-electron chi connectivity index (χ0n) is 17.2. The molecule has 2 aromatic carbocycles. The summed E-state index contributed by atoms with van der Waals surface area (Å²) in [5.74, 6) is -0.755. The molecule has 8 nitrogen and oxygen atoms in total. The number of para-hydroxylation sites is 1. The second kappa shape index (κ2) is 9.15. The van der Waals surface area contributed by atoms with E-state index in [-0.39, 0.29) is 41.0 Å². The van der Waals surface area contributed by atoms with Crippen LogP contribution in [0.25, 0.3) is 0 Å². The fourth-order valence-corrected chi connectivity index (χ4v) is 3.57. The first-order valence-corrected chi connectivity index (χ1v) is 10.1. The third-order valence-electron chi connectivity index (χ3n) is 5.19. The Kier molecular flexibility index (Phi) is 6.13. The maximum atomic E-state index is 14.6. The molecule has 1 fully saturated rings. The summed E-state index contributed by atoms with van der Waals surface area (Å²) in [6.45, 7) is 2.31. The number of nitrogens with one attached hydrogen (secondary N) is 2. The van der Waals surface area contributed by atoms with E-state index in [0.29, 0.717) is 37.6 Å². The molecule has 0 bridgehead atoms. The van der Waals surface area contributed by atoms with Gasteiger partial charge >= 0.3 is 0 Å². The number of aromatic nitrogens is 2. The quantitative estimate of drug-likeness (QED) is 0.435. The zero-order chi connectivity index (χ0) is 22.7. The van der Waals surface area contributed by atoms with Gasteiger partial charge in [-0.3, -0.25) is 5.41 Å². The highest BCUT2D eigenvalue weighted by atomic mass is 19.1. The molecule has 2 heterocycles. The number of ether oxygens (including phenoxy) is 1. The van der Waals surface area contributed by atoms with Gasteiger partial charge in [-0.1, -0.05) is 30.3 Å². The van der Waals surface area contributed by atoms with E-state index < -0.39 is 11.6 Å². The van der Waals surface area contributed by atoms with Crippen LogP contribution in [-0.2, 0) is 11.3 Å². The van der Waals surface area contributed by atoms with Gasteiger partial charge in [0.25, 0.3) is 0 Å². The molecule has 1 aromatic heterocycles. The maximum Gasteiger partial charge on any atom is 0.182 e. The van der Waals surface area contributed by atoms with Gasteiger partial charge in [-0.2, -0.15) is 0 Å². The summed E-state index contributed by atoms with van der Waals surface area (Å²) in [6, 6.07) is 10.5. The van der Waals surface area contributed by atoms with Crippen molar-refractivity contribution in [1.82, 2.24) is 9.97 Å². The SMILES string of the molecule is N=C(c1nc(N)c(N2CCOCC2)c(N)n1)c1cccc(F)c1NCc1ccccc1F. The van der Waals surface area contributed by atoms with Crippen molar-refractivity contribution in [1.29, 1.82) is 5.41 Å². The monoisotopic (exact) mass is 439 g/mol. The molecule has 32 heavy (non-hydrogen) atoms. The standard InChI is InChI=1S/C22H23F2N7O/c23-15-6-2-1-4-13(15)12-28-18-14(5-3-7-16(18)24)17(25)22-29-20(26)19(21(27)30-22)31-8-10-32-11-9-31/h1-7,25,28H,8-12H2,(H4,26,27,29,30). The van der Waals surface area contributed by atoms with Crippen LogP contribution in [0.2, 0.25) is 0 Å². The molecule has 10 heteroatoms. The van der Waals surface area contributed by atoms with Crippen molar-refractivity contribution in [3.63, 3.8) is 0 Å². The molecular weight excluding hydrogens is 416 g/mol. The van der Waals surface area contributed by atoms with Gasteiger partial charge in [-0.15, -0.1) is 0 Å². The summed E-state index contributed by atoms with van der Waals surface area (Å²) in [5.41, 5.74) is 13.3. The predicted octanol–water partition coefficient (Wildman–Crippen LogP) is 2.78. The molecule has 0 aliphatic carbocycles. The van der Waals surface area contributed by atoms with Crippen molar-refractivity contribution in [2.24, 2.45) is 0 Å². The maximum absolute atomic E-state index is 14.6. The van der Waals surface area contributed by atoms with Crippen LogP contribution in [0.5, 0.6) is 0 Å². The number of hydrogen-bond acceptors (Lipinski definition) is 8. The van der Waals surface area contributed by atoms with Crippen molar-refractivity contribution in [3.8, 4) is 0 Å². The van der Waals surface area contributed by atoms with E-state index in [1.54, 1.807) is 24.3 Å². The number of anilines is 4. The van der Waals surface area contributed by atoms with Gasteiger partial charge < -0.3 is 26.4 Å². The van der Waals surface area contributed by atoms with Gasteiger partial charge in [-0.25, -0.2) is 18.7 Å². The molecule has 166 valence electrons. The summed E-state index contributed by atoms with van der Waals surface area (Å²) >= 11 is 0. The van der Waals surface area contributed by atoms with E-state index in [0.717, 1.165) is 0 Å². The lowest BCUT2D eigenvalue weighted by atomic mass is 10.1. The molecule has 4 rings (SSSR count). The van der Waals surface area contributed by atoms with Crippen LogP contribution in [0, 0.1) is 17.0 Å². The summed E-state index contributed by atoms with van der Waals surface area (Å²) in [7, 11) is 0. The molecule has 3 aromatic rings. The van der Waals surface area contributed by atoms with Gasteiger partial charge in [0.1, 0.15) is 23.0 Å². The molecule has 1 saturated heterocycles. The minimum atomic E-state index is -0.588. The van der Waals surface area contributed by atoms with Crippen LogP contribution >= 0.6 is 0 Å². The fourth-order valence-electron chi connectivity index (χ4n) is 3.57. The molecule has 0 spiro atoms. The molecule has 6 N–H and O–H groups in total. The molecule has 0 radical (unpaired) electrons. The summed E-state index contributed by atoms with van der Waals surface area (Å²) in [6.07, 6.45) is 0. The highest BCUT2D eigenvalue weighted by Gasteiger charge is 2.22. The van der Waals surface area contributed by atoms with Crippen LogP contribution in [-0.4, -0.2) is 42.0 Å². The predicted molar refractivity (Wildman–Crippen MR) is 120 cm³/mol. The van der Waals surface area contributed by atoms with E-state index in [1.807, 2.05) is 4.90 Å². The number of morpholine rings is 1. The largest absolute Gasteiger partial charge is 0.382 e. The van der Waals surface area contributed by atoms with Crippen molar-refractivity contribution < 1.29 is 13.5 Å². The number of nitrogens with two attached hydrogens (primary N) is 2. The zero-order valence-corrected chi connectivity index (χ0v) is 17.2. The van der Waals surface area contributed by atoms with E-state index in [2.05, 4.69) is 15.3 Å². The van der Waals surface area contributed by atoms with E-state index in [4.69, 9.17) is 21.6 Å². The second-order valence-corrected chi connectivity index (χ2v) is 7.25. The van der Waals surface area contributed by atoms with Gasteiger partial charge in [-0.05, 0) is 12.1 Å². The molecule has 0 unspecified atom stereocenters. The topological polar surface area (TPSA) is 126 Å². The lowest BCUT2D eigenvalue weighted by Gasteiger charge is -2.30. The van der Waals surface area contributed by atoms with Crippen molar-refractivity contribution in [2.75, 3.05) is 48.0 Å². The smallest absolute Gasteiger partial charge is 0.182 e. The minimum Gasteiger partial charge on any atom is -0.382 e. The van der Waals surface area contributed by atoms with E-state index in [1.165, 1.54) is 18.2 Å². The lowest BCUT2D eigenvalue weighted by molar-refractivity contribution is 0.123. The Morgan fingerprint density at radius 3 is 2.34 bits per heavy atom. The van der Waals surface area contributed by atoms with Gasteiger partial charge in [0.2, 0.25) is 0 Å². The first-order valence-electron chi connectivity index (χ1n) is 10.1. The van der Waals surface area contributed by atoms with Gasteiger partial charge in [0.05, 0.1) is 18.9 Å². The Balaban J connectivity index is 1.63. The van der Waals surface area contributed by atoms with Gasteiger partial charge in [0.15, 0.2) is 17.5 Å². The second-order valence-electron chi connectivity index (χ2n) is 7.25. The highest BCUT2D eigenvalue weighted by molar-refractivity contribution is 6.12. The molecule has 0 saturated carbocycles. The summed E-state index contributed by atoms with van der Waals surface area (Å²) in [4.78, 5) is 10.5. The average Bonchev–Trinajstić information content (AvgIpc) is 2.79. The van der Waals surface area contributed by atoms with E-state index >= 15 is 0 Å². The third kappa shape index (κ3) is 4.30. The minimum absolute atomic E-state index is 0.0310. The third-order valence-corrected chi connectivity index (χ3v) is 5.19. The van der Waals surface area contributed by atoms with Crippen LogP contribution < -0.4 is 21.7 Å². The molecule has 0 atom stereocenters. The molecule has 0 amide bonds. The lowest BCUT2D eigenvalue weighted by Crippen LogP contribution is -2.37. The average molecular weight is 439 g/mol. The Bertz CT molecular complexity index is 1130. The van der Waals surface area contributed by atoms with Crippen LogP contribution in [0.4, 0.5) is 31.8 Å².